The Balaban J connectivity index is 1.71. The molecule has 0 atom stereocenters. The van der Waals surface area contributed by atoms with Crippen molar-refractivity contribution < 1.29 is 14.1 Å². The molecule has 0 saturated carbocycles. The number of amides is 1. The fourth-order valence-electron chi connectivity index (χ4n) is 4.33. The summed E-state index contributed by atoms with van der Waals surface area (Å²) in [5.41, 5.74) is 1.49. The number of hydrogen-bond donors (Lipinski definition) is 0. The van der Waals surface area contributed by atoms with Crippen LogP contribution in [0.3, 0.4) is 0 Å². The van der Waals surface area contributed by atoms with Gasteiger partial charge in [0.05, 0.1) is 11.2 Å². The predicted molar refractivity (Wildman–Crippen MR) is 122 cm³/mol. The maximum absolute atomic E-state index is 13.0. The number of hydrogen-bond acceptors (Lipinski definition) is 7. The molecule has 4 rings (SSSR count). The molecule has 1 aliphatic rings. The van der Waals surface area contributed by atoms with E-state index >= 15 is 0 Å². The van der Waals surface area contributed by atoms with Crippen LogP contribution in [-0.2, 0) is 11.8 Å². The molecule has 0 aromatic carbocycles. The number of piperidine rings is 1. The number of aromatic nitrogens is 4. The lowest BCUT2D eigenvalue weighted by Gasteiger charge is -2.34. The van der Waals surface area contributed by atoms with Crippen molar-refractivity contribution in [3.63, 3.8) is 0 Å². The van der Waals surface area contributed by atoms with Gasteiger partial charge in [0.15, 0.2) is 5.65 Å². The van der Waals surface area contributed by atoms with Gasteiger partial charge in [-0.05, 0) is 53.5 Å². The van der Waals surface area contributed by atoms with Crippen LogP contribution in [0.2, 0.25) is 0 Å². The van der Waals surface area contributed by atoms with Gasteiger partial charge in [-0.3, -0.25) is 14.2 Å². The van der Waals surface area contributed by atoms with Gasteiger partial charge in [-0.1, -0.05) is 5.16 Å². The van der Waals surface area contributed by atoms with Crippen LogP contribution in [0.25, 0.3) is 22.3 Å². The van der Waals surface area contributed by atoms with E-state index in [1.54, 1.807) is 18.1 Å². The first-order valence-electron chi connectivity index (χ1n) is 11.0. The average molecular weight is 456 g/mol. The smallest absolute Gasteiger partial charge is 0.410 e. The minimum Gasteiger partial charge on any atom is -0.444 e. The molecule has 1 amide bonds. The molecule has 1 saturated heterocycles. The second-order valence-corrected chi connectivity index (χ2v) is 9.50. The Hall–Kier alpha value is -3.43. The van der Waals surface area contributed by atoms with E-state index in [4.69, 9.17) is 9.26 Å². The molecular weight excluding hydrogens is 426 g/mol. The normalized spacial score (nSPS) is 15.3. The Bertz CT molecular complexity index is 1320. The van der Waals surface area contributed by atoms with E-state index in [0.717, 1.165) is 16.8 Å². The number of carbonyl (C=O) groups excluding carboxylic acids is 1. The maximum Gasteiger partial charge on any atom is 0.410 e. The zero-order valence-corrected chi connectivity index (χ0v) is 19.8. The molecule has 1 aliphatic heterocycles. The Kier molecular flexibility index (Phi) is 5.63. The number of nitrogens with zero attached hydrogens (tertiary/aromatic N) is 5. The number of aryl methyl sites for hydroxylation is 3. The van der Waals surface area contributed by atoms with Gasteiger partial charge < -0.3 is 18.7 Å². The lowest BCUT2D eigenvalue weighted by molar-refractivity contribution is 0.0188. The minimum absolute atomic E-state index is 0.245. The van der Waals surface area contributed by atoms with E-state index in [1.165, 1.54) is 9.13 Å². The summed E-state index contributed by atoms with van der Waals surface area (Å²) in [6.07, 6.45) is 2.35. The van der Waals surface area contributed by atoms with Gasteiger partial charge in [-0.25, -0.2) is 9.78 Å². The zero-order valence-electron chi connectivity index (χ0n) is 19.8. The number of likely N-dealkylation sites (tertiary alicyclic amines) is 1. The minimum atomic E-state index is -0.616. The van der Waals surface area contributed by atoms with Crippen LogP contribution in [0.1, 0.15) is 51.1 Å². The van der Waals surface area contributed by atoms with Gasteiger partial charge in [0.1, 0.15) is 11.4 Å². The molecule has 0 bridgehead atoms. The van der Waals surface area contributed by atoms with Crippen molar-refractivity contribution in [3.8, 4) is 11.1 Å². The predicted octanol–water partition coefficient (Wildman–Crippen LogP) is 2.94. The summed E-state index contributed by atoms with van der Waals surface area (Å²) in [5.74, 6) is 0.654. The first-order chi connectivity index (χ1) is 15.5. The van der Waals surface area contributed by atoms with E-state index < -0.39 is 16.7 Å². The highest BCUT2D eigenvalue weighted by Gasteiger charge is 2.30. The van der Waals surface area contributed by atoms with Gasteiger partial charge in [0.25, 0.3) is 0 Å². The first kappa shape index (κ1) is 22.8. The highest BCUT2D eigenvalue weighted by atomic mass is 16.6. The second-order valence-electron chi connectivity index (χ2n) is 9.50. The van der Waals surface area contributed by atoms with Crippen LogP contribution in [0.4, 0.5) is 4.79 Å². The number of pyridine rings is 1. The van der Waals surface area contributed by atoms with Gasteiger partial charge in [0, 0.05) is 43.5 Å². The third-order valence-corrected chi connectivity index (χ3v) is 5.95. The van der Waals surface area contributed by atoms with Crippen molar-refractivity contribution >= 4 is 17.3 Å². The average Bonchev–Trinajstić information content (AvgIpc) is 3.09. The highest BCUT2D eigenvalue weighted by molar-refractivity contribution is 5.79. The summed E-state index contributed by atoms with van der Waals surface area (Å²) in [6, 6.07) is 1.59. The third-order valence-electron chi connectivity index (χ3n) is 5.95. The van der Waals surface area contributed by atoms with Crippen molar-refractivity contribution in [1.82, 2.24) is 24.2 Å². The van der Waals surface area contributed by atoms with Crippen LogP contribution in [0.5, 0.6) is 0 Å². The lowest BCUT2D eigenvalue weighted by atomic mass is 10.0. The molecule has 33 heavy (non-hydrogen) atoms. The summed E-state index contributed by atoms with van der Waals surface area (Å²) in [7, 11) is 1.57. The molecule has 3 aromatic rings. The lowest BCUT2D eigenvalue weighted by Crippen LogP contribution is -2.46. The fraction of sp³-hybridized carbons (Fsp3) is 0.522. The summed E-state index contributed by atoms with van der Waals surface area (Å²) >= 11 is 0. The molecule has 4 heterocycles. The van der Waals surface area contributed by atoms with Gasteiger partial charge >= 0.3 is 17.2 Å². The summed E-state index contributed by atoms with van der Waals surface area (Å²) in [5, 5.41) is 3.99. The van der Waals surface area contributed by atoms with Crippen molar-refractivity contribution in [2.45, 2.75) is 59.1 Å². The fourth-order valence-corrected chi connectivity index (χ4v) is 4.33. The Morgan fingerprint density at radius 2 is 1.82 bits per heavy atom. The Labute approximate surface area is 190 Å². The SMILES string of the molecule is Cc1noc(C)c1-c1cnc2c(c1)n(C)c(=O)c(=O)n2C1CCN(C(=O)OC(C)(C)C)CC1. The summed E-state index contributed by atoms with van der Waals surface area (Å²) in [6.45, 7) is 9.99. The summed E-state index contributed by atoms with van der Waals surface area (Å²) in [4.78, 5) is 44.4. The van der Waals surface area contributed by atoms with Gasteiger partial charge in [-0.15, -0.1) is 0 Å². The molecule has 0 aliphatic carbocycles. The van der Waals surface area contributed by atoms with E-state index in [0.29, 0.717) is 42.9 Å². The van der Waals surface area contributed by atoms with Crippen molar-refractivity contribution in [1.29, 1.82) is 0 Å². The van der Waals surface area contributed by atoms with Crippen LogP contribution < -0.4 is 11.1 Å². The first-order valence-corrected chi connectivity index (χ1v) is 11.0. The second kappa shape index (κ2) is 8.17. The van der Waals surface area contributed by atoms with Crippen LogP contribution in [0, 0.1) is 13.8 Å². The van der Waals surface area contributed by atoms with Crippen LogP contribution >= 0.6 is 0 Å². The third kappa shape index (κ3) is 4.17. The zero-order chi connectivity index (χ0) is 24.1. The van der Waals surface area contributed by atoms with E-state index in [1.807, 2.05) is 40.7 Å². The Morgan fingerprint density at radius 3 is 2.39 bits per heavy atom. The van der Waals surface area contributed by atoms with E-state index in [-0.39, 0.29) is 12.1 Å². The van der Waals surface area contributed by atoms with Crippen LogP contribution in [-0.4, -0.2) is 49.0 Å². The van der Waals surface area contributed by atoms with Crippen molar-refractivity contribution in [3.05, 3.63) is 44.4 Å². The largest absolute Gasteiger partial charge is 0.444 e. The molecule has 0 spiro atoms. The molecule has 3 aromatic heterocycles. The monoisotopic (exact) mass is 455 g/mol. The van der Waals surface area contributed by atoms with Crippen molar-refractivity contribution in [2.75, 3.05) is 13.1 Å². The standard InChI is InChI=1S/C23H29N5O5/c1-13-18(14(2)33-25-13)15-11-17-19(24-12-15)28(21(30)20(29)26(17)6)16-7-9-27(10-8-16)22(31)32-23(3,4)5/h11-12,16H,7-10H2,1-6H3. The van der Waals surface area contributed by atoms with Crippen LogP contribution in [0.15, 0.2) is 26.4 Å². The molecule has 0 unspecified atom stereocenters. The van der Waals surface area contributed by atoms with Gasteiger partial charge in [-0.2, -0.15) is 0 Å². The molecule has 0 radical (unpaired) electrons. The Morgan fingerprint density at radius 1 is 1.15 bits per heavy atom. The molecule has 10 nitrogen and oxygen atoms in total. The summed E-state index contributed by atoms with van der Waals surface area (Å²) < 4.78 is 13.5. The molecule has 1 fully saturated rings. The molecule has 10 heteroatoms. The molecule has 176 valence electrons. The number of fused-ring (bicyclic) bond motifs is 1. The number of rotatable bonds is 2. The maximum atomic E-state index is 13.0. The quantitative estimate of drug-likeness (QED) is 0.546. The molecule has 0 N–H and O–H groups in total. The van der Waals surface area contributed by atoms with Gasteiger partial charge in [0.2, 0.25) is 0 Å². The molecular formula is C23H29N5O5. The number of ether oxygens (including phenoxy) is 1. The van der Waals surface area contributed by atoms with E-state index in [2.05, 4.69) is 10.1 Å². The van der Waals surface area contributed by atoms with E-state index in [9.17, 15) is 14.4 Å². The highest BCUT2D eigenvalue weighted by Crippen LogP contribution is 2.30. The topological polar surface area (TPSA) is 112 Å². The van der Waals surface area contributed by atoms with Crippen molar-refractivity contribution in [2.24, 2.45) is 7.05 Å². The number of carbonyl (C=O) groups is 1.